The van der Waals surface area contributed by atoms with Crippen LogP contribution in [-0.2, 0) is 11.3 Å². The van der Waals surface area contributed by atoms with Crippen LogP contribution in [0.3, 0.4) is 0 Å². The fraction of sp³-hybridized carbons (Fsp3) is 0.688. The quantitative estimate of drug-likeness (QED) is 0.639. The fourth-order valence-corrected chi connectivity index (χ4v) is 3.77. The molecule has 2 fully saturated rings. The van der Waals surface area contributed by atoms with Crippen LogP contribution in [0.2, 0.25) is 0 Å². The van der Waals surface area contributed by atoms with E-state index in [1.807, 2.05) is 0 Å². The van der Waals surface area contributed by atoms with E-state index in [1.54, 1.807) is 11.3 Å². The molecule has 0 amide bonds. The topological polar surface area (TPSA) is 48.9 Å². The summed E-state index contributed by atoms with van der Waals surface area (Å²) in [6.45, 7) is 7.66. The highest BCUT2D eigenvalue weighted by Gasteiger charge is 2.32. The van der Waals surface area contributed by atoms with Gasteiger partial charge in [0.05, 0.1) is 19.3 Å². The molecule has 3 rings (SSSR count). The minimum absolute atomic E-state index is 0.263. The summed E-state index contributed by atoms with van der Waals surface area (Å²) in [5.41, 5.74) is 1.26. The highest BCUT2D eigenvalue weighted by atomic mass is 32.1. The first kappa shape index (κ1) is 15.8. The number of aliphatic imine (C=N–C) groups is 1. The van der Waals surface area contributed by atoms with Crippen LogP contribution in [0.25, 0.3) is 0 Å². The van der Waals surface area contributed by atoms with Crippen molar-refractivity contribution in [3.63, 3.8) is 0 Å². The molecule has 22 heavy (non-hydrogen) atoms. The normalized spacial score (nSPS) is 26.0. The Labute approximate surface area is 136 Å². The van der Waals surface area contributed by atoms with Crippen LogP contribution in [0.15, 0.2) is 21.8 Å². The molecule has 2 aliphatic heterocycles. The summed E-state index contributed by atoms with van der Waals surface area (Å²) in [6.07, 6.45) is 2.88. The second-order valence-electron chi connectivity index (χ2n) is 5.95. The van der Waals surface area contributed by atoms with Gasteiger partial charge < -0.3 is 15.4 Å². The fourth-order valence-electron chi connectivity index (χ4n) is 3.11. The molecule has 0 spiro atoms. The minimum Gasteiger partial charge on any atom is -0.373 e. The van der Waals surface area contributed by atoms with E-state index in [2.05, 4.69) is 44.3 Å². The van der Waals surface area contributed by atoms with Gasteiger partial charge in [0.1, 0.15) is 0 Å². The van der Waals surface area contributed by atoms with Crippen LogP contribution >= 0.6 is 11.3 Å². The molecular formula is C16H26N4OS. The van der Waals surface area contributed by atoms with Gasteiger partial charge in [-0.15, -0.1) is 0 Å². The van der Waals surface area contributed by atoms with Crippen molar-refractivity contribution in [3.8, 4) is 0 Å². The van der Waals surface area contributed by atoms with Gasteiger partial charge in [-0.05, 0) is 48.7 Å². The third-order valence-corrected chi connectivity index (χ3v) is 5.03. The average molecular weight is 322 g/mol. The standard InChI is InChI=1S/C16H26N4OS/c1-2-17-16(18-8-13-5-7-22-12-13)19-9-15-10-20-6-3-4-14(20)11-21-15/h5,7,12,14-15H,2-4,6,8-11H2,1H3,(H2,17,18,19). The van der Waals surface area contributed by atoms with Gasteiger partial charge in [0, 0.05) is 25.7 Å². The van der Waals surface area contributed by atoms with Gasteiger partial charge in [0.2, 0.25) is 0 Å². The molecule has 2 atom stereocenters. The molecule has 122 valence electrons. The van der Waals surface area contributed by atoms with E-state index >= 15 is 0 Å². The van der Waals surface area contributed by atoms with Gasteiger partial charge in [0.25, 0.3) is 0 Å². The second kappa shape index (κ2) is 7.94. The molecule has 0 aromatic carbocycles. The zero-order chi connectivity index (χ0) is 15.2. The van der Waals surface area contributed by atoms with Crippen molar-refractivity contribution < 1.29 is 4.74 Å². The lowest BCUT2D eigenvalue weighted by atomic mass is 10.2. The SMILES string of the molecule is CCNC(=NCc1ccsc1)NCC1CN2CCCC2CO1. The first-order chi connectivity index (χ1) is 10.8. The molecule has 2 aliphatic rings. The van der Waals surface area contributed by atoms with Crippen molar-refractivity contribution in [2.45, 2.75) is 38.5 Å². The Kier molecular flexibility index (Phi) is 5.70. The monoisotopic (exact) mass is 322 g/mol. The molecular weight excluding hydrogens is 296 g/mol. The van der Waals surface area contributed by atoms with Crippen molar-refractivity contribution in [3.05, 3.63) is 22.4 Å². The Hall–Kier alpha value is -1.11. The lowest BCUT2D eigenvalue weighted by molar-refractivity contribution is -0.0453. The highest BCUT2D eigenvalue weighted by Crippen LogP contribution is 2.22. The number of guanidine groups is 1. The number of nitrogens with zero attached hydrogens (tertiary/aromatic N) is 2. The third kappa shape index (κ3) is 4.21. The summed E-state index contributed by atoms with van der Waals surface area (Å²) >= 11 is 1.71. The van der Waals surface area contributed by atoms with E-state index in [-0.39, 0.29) is 6.10 Å². The molecule has 5 nitrogen and oxygen atoms in total. The van der Waals surface area contributed by atoms with Crippen molar-refractivity contribution in [2.75, 3.05) is 32.8 Å². The van der Waals surface area contributed by atoms with E-state index in [4.69, 9.17) is 4.74 Å². The summed E-state index contributed by atoms with van der Waals surface area (Å²) in [5.74, 6) is 0.876. The van der Waals surface area contributed by atoms with Crippen molar-refractivity contribution in [2.24, 2.45) is 4.99 Å². The summed E-state index contributed by atoms with van der Waals surface area (Å²) in [7, 11) is 0. The number of rotatable bonds is 5. The molecule has 0 bridgehead atoms. The van der Waals surface area contributed by atoms with Crippen LogP contribution in [0, 0.1) is 0 Å². The molecule has 0 aliphatic carbocycles. The van der Waals surface area contributed by atoms with Gasteiger partial charge in [-0.3, -0.25) is 4.90 Å². The largest absolute Gasteiger partial charge is 0.373 e. The van der Waals surface area contributed by atoms with Crippen LogP contribution in [0.5, 0.6) is 0 Å². The van der Waals surface area contributed by atoms with Gasteiger partial charge in [-0.25, -0.2) is 4.99 Å². The number of ether oxygens (including phenoxy) is 1. The maximum absolute atomic E-state index is 5.99. The molecule has 2 unspecified atom stereocenters. The van der Waals surface area contributed by atoms with Crippen molar-refractivity contribution >= 4 is 17.3 Å². The zero-order valence-corrected chi connectivity index (χ0v) is 14.1. The van der Waals surface area contributed by atoms with E-state index in [0.29, 0.717) is 6.04 Å². The van der Waals surface area contributed by atoms with Gasteiger partial charge in [-0.2, -0.15) is 11.3 Å². The summed E-state index contributed by atoms with van der Waals surface area (Å²) in [6, 6.07) is 2.78. The molecule has 6 heteroatoms. The molecule has 2 N–H and O–H groups in total. The molecule has 2 saturated heterocycles. The molecule has 1 aromatic heterocycles. The van der Waals surface area contributed by atoms with E-state index in [1.165, 1.54) is 24.9 Å². The first-order valence-electron chi connectivity index (χ1n) is 8.24. The summed E-state index contributed by atoms with van der Waals surface area (Å²) in [4.78, 5) is 7.21. The Morgan fingerprint density at radius 1 is 1.50 bits per heavy atom. The van der Waals surface area contributed by atoms with Gasteiger partial charge in [0.15, 0.2) is 5.96 Å². The molecule has 0 radical (unpaired) electrons. The maximum atomic E-state index is 5.99. The van der Waals surface area contributed by atoms with E-state index < -0.39 is 0 Å². The number of thiophene rings is 1. The lowest BCUT2D eigenvalue weighted by Crippen LogP contribution is -2.51. The van der Waals surface area contributed by atoms with Crippen LogP contribution in [-0.4, -0.2) is 55.8 Å². The zero-order valence-electron chi connectivity index (χ0n) is 13.3. The number of hydrogen-bond donors (Lipinski definition) is 2. The third-order valence-electron chi connectivity index (χ3n) is 4.30. The molecule has 3 heterocycles. The highest BCUT2D eigenvalue weighted by molar-refractivity contribution is 7.07. The van der Waals surface area contributed by atoms with E-state index in [9.17, 15) is 0 Å². The van der Waals surface area contributed by atoms with Crippen molar-refractivity contribution in [1.82, 2.24) is 15.5 Å². The molecule has 1 aromatic rings. The minimum atomic E-state index is 0.263. The number of fused-ring (bicyclic) bond motifs is 1. The Morgan fingerprint density at radius 2 is 2.45 bits per heavy atom. The number of morpholine rings is 1. The average Bonchev–Trinajstić information content (AvgIpc) is 3.20. The Morgan fingerprint density at radius 3 is 3.27 bits per heavy atom. The van der Waals surface area contributed by atoms with Gasteiger partial charge in [-0.1, -0.05) is 0 Å². The van der Waals surface area contributed by atoms with Crippen LogP contribution < -0.4 is 10.6 Å². The Bertz CT molecular complexity index is 477. The predicted molar refractivity (Wildman–Crippen MR) is 91.5 cm³/mol. The first-order valence-corrected chi connectivity index (χ1v) is 9.18. The van der Waals surface area contributed by atoms with Crippen LogP contribution in [0.4, 0.5) is 0 Å². The predicted octanol–water partition coefficient (Wildman–Crippen LogP) is 1.67. The van der Waals surface area contributed by atoms with Gasteiger partial charge >= 0.3 is 0 Å². The smallest absolute Gasteiger partial charge is 0.191 e. The summed E-state index contributed by atoms with van der Waals surface area (Å²) in [5, 5.41) is 11.0. The summed E-state index contributed by atoms with van der Waals surface area (Å²) < 4.78 is 5.99. The second-order valence-corrected chi connectivity index (χ2v) is 6.73. The van der Waals surface area contributed by atoms with E-state index in [0.717, 1.165) is 38.7 Å². The number of hydrogen-bond acceptors (Lipinski definition) is 4. The maximum Gasteiger partial charge on any atom is 0.191 e. The number of nitrogens with one attached hydrogen (secondary N) is 2. The lowest BCUT2D eigenvalue weighted by Gasteiger charge is -2.35. The molecule has 0 saturated carbocycles. The Balaban J connectivity index is 1.47. The van der Waals surface area contributed by atoms with Crippen molar-refractivity contribution in [1.29, 1.82) is 0 Å². The van der Waals surface area contributed by atoms with Crippen LogP contribution in [0.1, 0.15) is 25.3 Å².